The van der Waals surface area contributed by atoms with E-state index in [1.807, 2.05) is 0 Å². The summed E-state index contributed by atoms with van der Waals surface area (Å²) in [5.41, 5.74) is -0.799. The van der Waals surface area contributed by atoms with E-state index in [4.69, 9.17) is 6.57 Å². The van der Waals surface area contributed by atoms with Gasteiger partial charge in [0.05, 0.1) is 12.1 Å². The molecule has 1 aromatic rings. The minimum absolute atomic E-state index is 0.0378. The van der Waals surface area contributed by atoms with Crippen molar-refractivity contribution < 1.29 is 18.0 Å². The third kappa shape index (κ3) is 2.87. The van der Waals surface area contributed by atoms with E-state index in [2.05, 4.69) is 4.85 Å². The van der Waals surface area contributed by atoms with Crippen LogP contribution in [0.3, 0.4) is 0 Å². The lowest BCUT2D eigenvalue weighted by Crippen LogP contribution is -2.35. The lowest BCUT2D eigenvalue weighted by Gasteiger charge is -2.30. The predicted octanol–water partition coefficient (Wildman–Crippen LogP) is 3.43. The van der Waals surface area contributed by atoms with E-state index in [-0.39, 0.29) is 30.0 Å². The molecule has 1 heterocycles. The fourth-order valence-corrected chi connectivity index (χ4v) is 2.09. The molecule has 0 amide bonds. The first-order valence-corrected chi connectivity index (χ1v) is 5.77. The SMILES string of the molecule is [C-]#[N+]c1ccc(N2CCC(=O)CC2)c(C(F)(F)F)c1. The van der Waals surface area contributed by atoms with Gasteiger partial charge in [0.2, 0.25) is 0 Å². The Morgan fingerprint density at radius 2 is 1.84 bits per heavy atom. The second-order valence-electron chi connectivity index (χ2n) is 4.34. The van der Waals surface area contributed by atoms with Gasteiger partial charge in [-0.05, 0) is 12.1 Å². The first-order valence-electron chi connectivity index (χ1n) is 5.77. The van der Waals surface area contributed by atoms with Crippen molar-refractivity contribution in [3.8, 4) is 0 Å². The molecule has 2 rings (SSSR count). The molecule has 0 N–H and O–H groups in total. The van der Waals surface area contributed by atoms with Crippen molar-refractivity contribution in [1.29, 1.82) is 0 Å². The molecule has 0 radical (unpaired) electrons. The van der Waals surface area contributed by atoms with Gasteiger partial charge in [-0.1, -0.05) is 6.07 Å². The Bertz CT molecular complexity index is 536. The number of anilines is 1. The van der Waals surface area contributed by atoms with Crippen LogP contribution in [0.5, 0.6) is 0 Å². The first kappa shape index (κ1) is 13.4. The van der Waals surface area contributed by atoms with Gasteiger partial charge in [-0.3, -0.25) is 4.79 Å². The van der Waals surface area contributed by atoms with Crippen molar-refractivity contribution in [2.75, 3.05) is 18.0 Å². The molecule has 1 fully saturated rings. The van der Waals surface area contributed by atoms with Gasteiger partial charge in [0.15, 0.2) is 5.69 Å². The molecule has 0 aliphatic carbocycles. The highest BCUT2D eigenvalue weighted by Crippen LogP contribution is 2.39. The number of nitrogens with zero attached hydrogens (tertiary/aromatic N) is 2. The number of halogens is 3. The number of rotatable bonds is 1. The molecule has 19 heavy (non-hydrogen) atoms. The van der Waals surface area contributed by atoms with Crippen molar-refractivity contribution in [3.63, 3.8) is 0 Å². The summed E-state index contributed by atoms with van der Waals surface area (Å²) in [4.78, 5) is 15.7. The molecule has 0 saturated carbocycles. The number of hydrogen-bond donors (Lipinski definition) is 0. The molecule has 1 aromatic carbocycles. The summed E-state index contributed by atoms with van der Waals surface area (Å²) in [6, 6.07) is 3.54. The summed E-state index contributed by atoms with van der Waals surface area (Å²) in [6.07, 6.45) is -3.97. The first-order chi connectivity index (χ1) is 8.91. The zero-order chi connectivity index (χ0) is 14.0. The van der Waals surface area contributed by atoms with Crippen LogP contribution in [0.4, 0.5) is 24.5 Å². The molecule has 1 aliphatic heterocycles. The summed E-state index contributed by atoms with van der Waals surface area (Å²) in [7, 11) is 0. The number of carbonyl (C=O) groups excluding carboxylic acids is 1. The minimum Gasteiger partial charge on any atom is -0.370 e. The Labute approximate surface area is 108 Å². The third-order valence-corrected chi connectivity index (χ3v) is 3.08. The topological polar surface area (TPSA) is 24.7 Å². The van der Waals surface area contributed by atoms with Gasteiger partial charge in [-0.15, -0.1) is 0 Å². The van der Waals surface area contributed by atoms with Crippen LogP contribution in [0.2, 0.25) is 0 Å². The van der Waals surface area contributed by atoms with Gasteiger partial charge in [-0.2, -0.15) is 13.2 Å². The van der Waals surface area contributed by atoms with E-state index < -0.39 is 11.7 Å². The quantitative estimate of drug-likeness (QED) is 0.729. The number of ketones is 1. The number of Topliss-reactive ketones (excluding diaryl/α,β-unsaturated/α-hetero) is 1. The van der Waals surface area contributed by atoms with Crippen molar-refractivity contribution in [1.82, 2.24) is 0 Å². The zero-order valence-electron chi connectivity index (χ0n) is 10.00. The van der Waals surface area contributed by atoms with E-state index >= 15 is 0 Å². The normalized spacial score (nSPS) is 16.3. The summed E-state index contributed by atoms with van der Waals surface area (Å²) in [5, 5.41) is 0. The summed E-state index contributed by atoms with van der Waals surface area (Å²) in [6.45, 7) is 7.37. The van der Waals surface area contributed by atoms with Crippen LogP contribution >= 0.6 is 0 Å². The van der Waals surface area contributed by atoms with E-state index in [0.717, 1.165) is 6.07 Å². The molecule has 3 nitrogen and oxygen atoms in total. The van der Waals surface area contributed by atoms with Gasteiger partial charge >= 0.3 is 6.18 Å². The number of hydrogen-bond acceptors (Lipinski definition) is 2. The largest absolute Gasteiger partial charge is 0.417 e. The molecule has 1 aliphatic rings. The van der Waals surface area contributed by atoms with Crippen LogP contribution < -0.4 is 4.90 Å². The van der Waals surface area contributed by atoms with Crippen molar-refractivity contribution >= 4 is 17.2 Å². The zero-order valence-corrected chi connectivity index (χ0v) is 10.00. The van der Waals surface area contributed by atoms with Gasteiger partial charge in [-0.25, -0.2) is 4.85 Å². The van der Waals surface area contributed by atoms with Crippen LogP contribution in [0.25, 0.3) is 4.85 Å². The number of benzene rings is 1. The molecule has 0 aromatic heterocycles. The monoisotopic (exact) mass is 268 g/mol. The number of piperidine rings is 1. The highest BCUT2D eigenvalue weighted by atomic mass is 19.4. The lowest BCUT2D eigenvalue weighted by molar-refractivity contribution is -0.137. The van der Waals surface area contributed by atoms with Crippen LogP contribution in [-0.4, -0.2) is 18.9 Å². The van der Waals surface area contributed by atoms with Crippen molar-refractivity contribution in [2.24, 2.45) is 0 Å². The van der Waals surface area contributed by atoms with Gasteiger partial charge < -0.3 is 4.90 Å². The molecular formula is C13H11F3N2O. The maximum absolute atomic E-state index is 13.0. The maximum atomic E-state index is 13.0. The molecule has 0 bridgehead atoms. The molecule has 1 saturated heterocycles. The Balaban J connectivity index is 2.40. The molecule has 0 unspecified atom stereocenters. The van der Waals surface area contributed by atoms with Gasteiger partial charge in [0.25, 0.3) is 0 Å². The number of carbonyl (C=O) groups is 1. The highest BCUT2D eigenvalue weighted by Gasteiger charge is 2.35. The predicted molar refractivity (Wildman–Crippen MR) is 64.2 cm³/mol. The van der Waals surface area contributed by atoms with Gasteiger partial charge in [0, 0.05) is 31.6 Å². The van der Waals surface area contributed by atoms with Gasteiger partial charge in [0.1, 0.15) is 5.78 Å². The van der Waals surface area contributed by atoms with E-state index in [0.29, 0.717) is 13.1 Å². The Morgan fingerprint density at radius 1 is 1.21 bits per heavy atom. The van der Waals surface area contributed by atoms with E-state index in [1.165, 1.54) is 12.1 Å². The fourth-order valence-electron chi connectivity index (χ4n) is 2.09. The smallest absolute Gasteiger partial charge is 0.370 e. The molecule has 0 spiro atoms. The van der Waals surface area contributed by atoms with E-state index in [9.17, 15) is 18.0 Å². The molecule has 100 valence electrons. The summed E-state index contributed by atoms with van der Waals surface area (Å²) >= 11 is 0. The second kappa shape index (κ2) is 4.92. The molecular weight excluding hydrogens is 257 g/mol. The average molecular weight is 268 g/mol. The summed E-state index contributed by atoms with van der Waals surface area (Å²) < 4.78 is 39.0. The van der Waals surface area contributed by atoms with Crippen LogP contribution in [0.1, 0.15) is 18.4 Å². The van der Waals surface area contributed by atoms with Crippen LogP contribution in [-0.2, 0) is 11.0 Å². The molecule has 6 heteroatoms. The Kier molecular flexibility index (Phi) is 3.47. The fraction of sp³-hybridized carbons (Fsp3) is 0.385. The average Bonchev–Trinajstić information content (AvgIpc) is 2.38. The Morgan fingerprint density at radius 3 is 2.37 bits per heavy atom. The highest BCUT2D eigenvalue weighted by molar-refractivity contribution is 5.81. The lowest BCUT2D eigenvalue weighted by atomic mass is 10.1. The van der Waals surface area contributed by atoms with Crippen molar-refractivity contribution in [2.45, 2.75) is 19.0 Å². The van der Waals surface area contributed by atoms with Crippen LogP contribution in [0, 0.1) is 6.57 Å². The van der Waals surface area contributed by atoms with E-state index in [1.54, 1.807) is 4.90 Å². The summed E-state index contributed by atoms with van der Waals surface area (Å²) in [5.74, 6) is 0.0718. The second-order valence-corrected chi connectivity index (χ2v) is 4.34. The van der Waals surface area contributed by atoms with Crippen LogP contribution in [0.15, 0.2) is 18.2 Å². The standard InChI is InChI=1S/C13H11F3N2O/c1-17-9-2-3-12(11(8-9)13(14,15)16)18-6-4-10(19)5-7-18/h2-3,8H,4-7H2. The van der Waals surface area contributed by atoms with Crippen molar-refractivity contribution in [3.05, 3.63) is 35.2 Å². The third-order valence-electron chi connectivity index (χ3n) is 3.08. The maximum Gasteiger partial charge on any atom is 0.417 e. The molecule has 0 atom stereocenters. The number of alkyl halides is 3. The Hall–Kier alpha value is -2.03. The minimum atomic E-state index is -4.50.